The Bertz CT molecular complexity index is 633. The Morgan fingerprint density at radius 1 is 1.42 bits per heavy atom. The van der Waals surface area contributed by atoms with E-state index < -0.39 is 11.8 Å². The third-order valence-electron chi connectivity index (χ3n) is 4.95. The zero-order valence-corrected chi connectivity index (χ0v) is 14.6. The number of ether oxygens (including phenoxy) is 2. The molecule has 1 aliphatic carbocycles. The average Bonchev–Trinajstić information content (AvgIpc) is 2.94. The fraction of sp³-hybridized carbons (Fsp3) is 0.611. The van der Waals surface area contributed by atoms with Gasteiger partial charge in [0.25, 0.3) is 0 Å². The van der Waals surface area contributed by atoms with E-state index in [1.165, 1.54) is 12.1 Å². The third kappa shape index (κ3) is 3.07. The number of hydrogen-bond acceptors (Lipinski definition) is 3. The molecule has 0 aromatic heterocycles. The molecule has 0 spiro atoms. The maximum Gasteiger partial charge on any atom is 0.319 e. The minimum Gasteiger partial charge on any atom is -0.491 e. The molecular formula is C18H25FN2O3. The summed E-state index contributed by atoms with van der Waals surface area (Å²) < 4.78 is 25.3. The number of carbonyl (C=O) groups is 1. The molecule has 2 amide bonds. The summed E-state index contributed by atoms with van der Waals surface area (Å²) in [6, 6.07) is 4.09. The van der Waals surface area contributed by atoms with E-state index >= 15 is 0 Å². The van der Waals surface area contributed by atoms with Crippen molar-refractivity contribution in [1.82, 2.24) is 5.32 Å². The Hall–Kier alpha value is -1.82. The molecule has 1 aromatic rings. The molecule has 3 atom stereocenters. The topological polar surface area (TPSA) is 59.6 Å². The summed E-state index contributed by atoms with van der Waals surface area (Å²) in [5, 5.41) is 5.56. The van der Waals surface area contributed by atoms with E-state index in [4.69, 9.17) is 9.47 Å². The maximum atomic E-state index is 14.1. The van der Waals surface area contributed by atoms with Crippen LogP contribution in [0.3, 0.4) is 0 Å². The van der Waals surface area contributed by atoms with Crippen molar-refractivity contribution in [2.24, 2.45) is 11.3 Å². The molecule has 1 aliphatic heterocycles. The highest BCUT2D eigenvalue weighted by Crippen LogP contribution is 2.52. The van der Waals surface area contributed by atoms with Gasteiger partial charge in [-0.2, -0.15) is 0 Å². The van der Waals surface area contributed by atoms with Crippen LogP contribution in [-0.4, -0.2) is 30.9 Å². The maximum absolute atomic E-state index is 14.1. The molecule has 1 aromatic carbocycles. The van der Waals surface area contributed by atoms with Crippen LogP contribution in [0.1, 0.15) is 34.1 Å². The summed E-state index contributed by atoms with van der Waals surface area (Å²) in [4.78, 5) is 12.2. The zero-order chi connectivity index (χ0) is 17.5. The number of halogens is 1. The van der Waals surface area contributed by atoms with Crippen molar-refractivity contribution in [3.63, 3.8) is 0 Å². The van der Waals surface area contributed by atoms with Crippen molar-refractivity contribution in [3.8, 4) is 5.75 Å². The normalized spacial score (nSPS) is 27.3. The fourth-order valence-electron chi connectivity index (χ4n) is 3.86. The van der Waals surface area contributed by atoms with E-state index in [2.05, 4.69) is 24.5 Å². The predicted octanol–water partition coefficient (Wildman–Crippen LogP) is 3.55. The highest BCUT2D eigenvalue weighted by molar-refractivity contribution is 5.89. The average molecular weight is 336 g/mol. The minimum atomic E-state index is -0.516. The number of rotatable bonds is 4. The molecule has 132 valence electrons. The molecule has 2 fully saturated rings. The molecule has 2 N–H and O–H groups in total. The molecule has 6 heteroatoms. The van der Waals surface area contributed by atoms with Crippen molar-refractivity contribution in [1.29, 1.82) is 0 Å². The number of amides is 2. The van der Waals surface area contributed by atoms with Gasteiger partial charge in [0.15, 0.2) is 0 Å². The van der Waals surface area contributed by atoms with Gasteiger partial charge < -0.3 is 20.1 Å². The van der Waals surface area contributed by atoms with Crippen molar-refractivity contribution >= 4 is 11.7 Å². The van der Waals surface area contributed by atoms with E-state index in [1.54, 1.807) is 6.07 Å². The highest BCUT2D eigenvalue weighted by atomic mass is 19.1. The standard InChI is InChI=1S/C18H25FN2O3/c1-10(2)24-11-5-6-14(13(19)9-11)20-17(22)21-15-12-7-8-23-16(12)18(15,3)4/h5-6,9-10,12,15-16H,7-8H2,1-4H3,(H2,20,21,22). The minimum absolute atomic E-state index is 0.0334. The summed E-state index contributed by atoms with van der Waals surface area (Å²) in [7, 11) is 0. The largest absolute Gasteiger partial charge is 0.491 e. The first-order chi connectivity index (χ1) is 11.3. The number of carbonyl (C=O) groups excluding carboxylic acids is 1. The second-order valence-corrected chi connectivity index (χ2v) is 7.45. The lowest BCUT2D eigenvalue weighted by atomic mass is 9.57. The number of benzene rings is 1. The summed E-state index contributed by atoms with van der Waals surface area (Å²) in [5.41, 5.74) is 0.0337. The summed E-state index contributed by atoms with van der Waals surface area (Å²) in [5.74, 6) is 0.273. The van der Waals surface area contributed by atoms with Crippen molar-refractivity contribution in [3.05, 3.63) is 24.0 Å². The fourth-order valence-corrected chi connectivity index (χ4v) is 3.86. The van der Waals surface area contributed by atoms with Crippen LogP contribution in [0.4, 0.5) is 14.9 Å². The summed E-state index contributed by atoms with van der Waals surface area (Å²) in [6.07, 6.45) is 1.12. The smallest absolute Gasteiger partial charge is 0.319 e. The number of urea groups is 1. The molecule has 0 radical (unpaired) electrons. The zero-order valence-electron chi connectivity index (χ0n) is 14.6. The predicted molar refractivity (Wildman–Crippen MR) is 89.7 cm³/mol. The molecule has 24 heavy (non-hydrogen) atoms. The van der Waals surface area contributed by atoms with Crippen LogP contribution < -0.4 is 15.4 Å². The van der Waals surface area contributed by atoms with Crippen molar-refractivity contribution in [2.75, 3.05) is 11.9 Å². The number of anilines is 1. The van der Waals surface area contributed by atoms with Crippen LogP contribution in [0.5, 0.6) is 5.75 Å². The molecule has 0 bridgehead atoms. The van der Waals surface area contributed by atoms with Crippen LogP contribution in [0.2, 0.25) is 0 Å². The lowest BCUT2D eigenvalue weighted by Gasteiger charge is -2.54. The van der Waals surface area contributed by atoms with E-state index in [-0.39, 0.29) is 29.4 Å². The second kappa shape index (κ2) is 6.24. The van der Waals surface area contributed by atoms with Gasteiger partial charge in [-0.25, -0.2) is 9.18 Å². The molecule has 1 heterocycles. The first-order valence-corrected chi connectivity index (χ1v) is 8.44. The first-order valence-electron chi connectivity index (χ1n) is 8.44. The van der Waals surface area contributed by atoms with Gasteiger partial charge in [-0.1, -0.05) is 13.8 Å². The molecule has 5 nitrogen and oxygen atoms in total. The van der Waals surface area contributed by atoms with Gasteiger partial charge in [-0.05, 0) is 32.4 Å². The van der Waals surface area contributed by atoms with Gasteiger partial charge in [0.05, 0.1) is 17.9 Å². The van der Waals surface area contributed by atoms with Gasteiger partial charge in [0, 0.05) is 30.0 Å². The summed E-state index contributed by atoms with van der Waals surface area (Å²) >= 11 is 0. The monoisotopic (exact) mass is 336 g/mol. The molecule has 3 rings (SSSR count). The first kappa shape index (κ1) is 17.0. The summed E-state index contributed by atoms with van der Waals surface area (Å²) in [6.45, 7) is 8.66. The van der Waals surface area contributed by atoms with E-state index in [1.807, 2.05) is 13.8 Å². The van der Waals surface area contributed by atoms with E-state index in [0.29, 0.717) is 11.7 Å². The van der Waals surface area contributed by atoms with Gasteiger partial charge >= 0.3 is 6.03 Å². The van der Waals surface area contributed by atoms with Crippen LogP contribution in [0, 0.1) is 17.2 Å². The van der Waals surface area contributed by atoms with Crippen LogP contribution in [0.25, 0.3) is 0 Å². The van der Waals surface area contributed by atoms with Crippen LogP contribution in [-0.2, 0) is 4.74 Å². The number of hydrogen-bond donors (Lipinski definition) is 2. The number of nitrogens with one attached hydrogen (secondary N) is 2. The Balaban J connectivity index is 1.61. The van der Waals surface area contributed by atoms with Crippen molar-refractivity contribution in [2.45, 2.75) is 52.4 Å². The second-order valence-electron chi connectivity index (χ2n) is 7.45. The van der Waals surface area contributed by atoms with Crippen LogP contribution in [0.15, 0.2) is 18.2 Å². The third-order valence-corrected chi connectivity index (χ3v) is 4.95. The molecule has 2 aliphatic rings. The van der Waals surface area contributed by atoms with E-state index in [9.17, 15) is 9.18 Å². The highest BCUT2D eigenvalue weighted by Gasteiger charge is 2.59. The SMILES string of the molecule is CC(C)Oc1ccc(NC(=O)NC2C3CCOC3C2(C)C)c(F)c1. The Labute approximate surface area is 141 Å². The Morgan fingerprint density at radius 2 is 2.17 bits per heavy atom. The number of fused-ring (bicyclic) bond motifs is 1. The molecule has 3 unspecified atom stereocenters. The lowest BCUT2D eigenvalue weighted by molar-refractivity contribution is -0.107. The van der Waals surface area contributed by atoms with Gasteiger partial charge in [0.1, 0.15) is 11.6 Å². The molecule has 1 saturated carbocycles. The van der Waals surface area contributed by atoms with E-state index in [0.717, 1.165) is 13.0 Å². The molecular weight excluding hydrogens is 311 g/mol. The van der Waals surface area contributed by atoms with Gasteiger partial charge in [-0.15, -0.1) is 0 Å². The lowest BCUT2D eigenvalue weighted by Crippen LogP contribution is -2.67. The quantitative estimate of drug-likeness (QED) is 0.884. The Morgan fingerprint density at radius 3 is 2.83 bits per heavy atom. The van der Waals surface area contributed by atoms with Gasteiger partial charge in [0.2, 0.25) is 0 Å². The van der Waals surface area contributed by atoms with Crippen LogP contribution >= 0.6 is 0 Å². The molecule has 1 saturated heterocycles. The Kier molecular flexibility index (Phi) is 4.42. The van der Waals surface area contributed by atoms with Gasteiger partial charge in [-0.3, -0.25) is 0 Å². The van der Waals surface area contributed by atoms with Crippen molar-refractivity contribution < 1.29 is 18.7 Å².